The molecule has 0 aromatic carbocycles. The van der Waals surface area contributed by atoms with Gasteiger partial charge in [0.2, 0.25) is 0 Å². The van der Waals surface area contributed by atoms with Crippen LogP contribution in [0.3, 0.4) is 0 Å². The normalized spacial score (nSPS) is 20.7. The zero-order chi connectivity index (χ0) is 12.9. The zero-order valence-corrected chi connectivity index (χ0v) is 11.5. The minimum atomic E-state index is -2.88. The maximum atomic E-state index is 11.0. The monoisotopic (exact) mass is 265 g/mol. The van der Waals surface area contributed by atoms with Crippen molar-refractivity contribution in [3.63, 3.8) is 0 Å². The topological polar surface area (TPSA) is 66.8 Å². The highest BCUT2D eigenvalue weighted by atomic mass is 32.2. The van der Waals surface area contributed by atoms with Crippen molar-refractivity contribution < 1.29 is 18.3 Å². The van der Waals surface area contributed by atoms with Crippen LogP contribution in [-0.2, 0) is 14.6 Å². The second-order valence-corrected chi connectivity index (χ2v) is 7.32. The van der Waals surface area contributed by atoms with Crippen molar-refractivity contribution in [2.75, 3.05) is 45.4 Å². The van der Waals surface area contributed by atoms with Crippen LogP contribution in [0, 0.1) is 0 Å². The highest BCUT2D eigenvalue weighted by molar-refractivity contribution is 7.90. The fourth-order valence-electron chi connectivity index (χ4n) is 2.09. The third-order valence-corrected chi connectivity index (χ3v) is 4.07. The Bertz CT molecular complexity index is 322. The second-order valence-electron chi connectivity index (χ2n) is 5.06. The van der Waals surface area contributed by atoms with Crippen LogP contribution in [0.4, 0.5) is 0 Å². The molecule has 0 bridgehead atoms. The summed E-state index contributed by atoms with van der Waals surface area (Å²) in [6.07, 6.45) is 3.17. The average molecular weight is 265 g/mol. The number of likely N-dealkylation sites (N-methyl/N-ethyl adjacent to an activating group) is 1. The SMILES string of the molecule is CN(CCCS(C)(=O)=O)CC1(O)CCOCC1. The molecule has 0 spiro atoms. The molecule has 1 rings (SSSR count). The fourth-order valence-corrected chi connectivity index (χ4v) is 2.74. The molecule has 6 heteroatoms. The lowest BCUT2D eigenvalue weighted by Gasteiger charge is -2.35. The van der Waals surface area contributed by atoms with Crippen LogP contribution < -0.4 is 0 Å². The lowest BCUT2D eigenvalue weighted by molar-refractivity contribution is -0.0767. The molecule has 1 saturated heterocycles. The van der Waals surface area contributed by atoms with E-state index in [-0.39, 0.29) is 5.75 Å². The number of hydrogen-bond donors (Lipinski definition) is 1. The Balaban J connectivity index is 2.26. The molecule has 1 fully saturated rings. The van der Waals surface area contributed by atoms with Gasteiger partial charge in [0, 0.05) is 38.9 Å². The Morgan fingerprint density at radius 1 is 1.35 bits per heavy atom. The van der Waals surface area contributed by atoms with Crippen LogP contribution in [0.1, 0.15) is 19.3 Å². The van der Waals surface area contributed by atoms with Crippen molar-refractivity contribution in [3.05, 3.63) is 0 Å². The summed E-state index contributed by atoms with van der Waals surface area (Å²) in [6, 6.07) is 0. The van der Waals surface area contributed by atoms with Gasteiger partial charge < -0.3 is 14.7 Å². The van der Waals surface area contributed by atoms with Crippen LogP contribution in [-0.4, -0.2) is 69.4 Å². The number of nitrogens with zero attached hydrogens (tertiary/aromatic N) is 1. The molecule has 1 N–H and O–H groups in total. The Hall–Kier alpha value is -0.170. The van der Waals surface area contributed by atoms with E-state index in [9.17, 15) is 13.5 Å². The summed E-state index contributed by atoms with van der Waals surface area (Å²) in [5, 5.41) is 10.3. The highest BCUT2D eigenvalue weighted by Crippen LogP contribution is 2.21. The third kappa shape index (κ3) is 6.35. The molecule has 1 heterocycles. The summed E-state index contributed by atoms with van der Waals surface area (Å²) >= 11 is 0. The molecule has 102 valence electrons. The lowest BCUT2D eigenvalue weighted by Crippen LogP contribution is -2.46. The van der Waals surface area contributed by atoms with Gasteiger partial charge in [-0.2, -0.15) is 0 Å². The van der Waals surface area contributed by atoms with Crippen molar-refractivity contribution in [1.29, 1.82) is 0 Å². The molecule has 1 aliphatic heterocycles. The van der Waals surface area contributed by atoms with Crippen LogP contribution in [0.2, 0.25) is 0 Å². The molecule has 0 amide bonds. The smallest absolute Gasteiger partial charge is 0.147 e. The largest absolute Gasteiger partial charge is 0.388 e. The molecule has 0 aromatic rings. The van der Waals surface area contributed by atoms with E-state index in [4.69, 9.17) is 4.74 Å². The summed E-state index contributed by atoms with van der Waals surface area (Å²) in [5.74, 6) is 0.207. The molecule has 0 radical (unpaired) electrons. The van der Waals surface area contributed by atoms with E-state index < -0.39 is 15.4 Å². The van der Waals surface area contributed by atoms with Gasteiger partial charge in [0.05, 0.1) is 11.4 Å². The van der Waals surface area contributed by atoms with E-state index in [1.807, 2.05) is 11.9 Å². The number of ether oxygens (including phenoxy) is 1. The van der Waals surface area contributed by atoms with E-state index >= 15 is 0 Å². The molecule has 17 heavy (non-hydrogen) atoms. The standard InChI is InChI=1S/C11H23NO4S/c1-12(6-3-9-17(2,14)15)10-11(13)4-7-16-8-5-11/h13H,3-10H2,1-2H3. The van der Waals surface area contributed by atoms with E-state index in [0.29, 0.717) is 45.6 Å². The molecular weight excluding hydrogens is 242 g/mol. The summed E-state index contributed by atoms with van der Waals surface area (Å²) < 4.78 is 27.2. The van der Waals surface area contributed by atoms with Gasteiger partial charge in [-0.15, -0.1) is 0 Å². The molecule has 0 saturated carbocycles. The molecule has 0 unspecified atom stereocenters. The maximum Gasteiger partial charge on any atom is 0.147 e. The second kappa shape index (κ2) is 6.13. The molecule has 0 aliphatic carbocycles. The summed E-state index contributed by atoms with van der Waals surface area (Å²) in [6.45, 7) is 2.48. The Kier molecular flexibility index (Phi) is 5.37. The summed E-state index contributed by atoms with van der Waals surface area (Å²) in [4.78, 5) is 2.00. The molecule has 5 nitrogen and oxygen atoms in total. The predicted octanol–water partition coefficient (Wildman–Crippen LogP) is -0.106. The van der Waals surface area contributed by atoms with Gasteiger partial charge in [0.15, 0.2) is 0 Å². The van der Waals surface area contributed by atoms with Gasteiger partial charge in [-0.1, -0.05) is 0 Å². The Morgan fingerprint density at radius 2 is 1.94 bits per heavy atom. The maximum absolute atomic E-state index is 11.0. The number of hydrogen-bond acceptors (Lipinski definition) is 5. The Morgan fingerprint density at radius 3 is 2.47 bits per heavy atom. The minimum absolute atomic E-state index is 0.207. The average Bonchev–Trinajstić information content (AvgIpc) is 2.15. The summed E-state index contributed by atoms with van der Waals surface area (Å²) in [5.41, 5.74) is -0.669. The third-order valence-electron chi connectivity index (χ3n) is 3.04. The quantitative estimate of drug-likeness (QED) is 0.726. The first kappa shape index (κ1) is 14.9. The van der Waals surface area contributed by atoms with Crippen LogP contribution >= 0.6 is 0 Å². The molecule has 1 aliphatic rings. The van der Waals surface area contributed by atoms with Gasteiger partial charge in [0.1, 0.15) is 9.84 Å². The van der Waals surface area contributed by atoms with E-state index in [1.54, 1.807) is 0 Å². The van der Waals surface area contributed by atoms with Crippen LogP contribution in [0.25, 0.3) is 0 Å². The lowest BCUT2D eigenvalue weighted by atomic mass is 9.94. The van der Waals surface area contributed by atoms with Crippen LogP contribution in [0.5, 0.6) is 0 Å². The molecular formula is C11H23NO4S. The van der Waals surface area contributed by atoms with Gasteiger partial charge in [0.25, 0.3) is 0 Å². The van der Waals surface area contributed by atoms with Gasteiger partial charge in [-0.05, 0) is 20.0 Å². The van der Waals surface area contributed by atoms with E-state index in [2.05, 4.69) is 0 Å². The molecule has 0 aromatic heterocycles. The van der Waals surface area contributed by atoms with Crippen molar-refractivity contribution in [2.45, 2.75) is 24.9 Å². The van der Waals surface area contributed by atoms with Crippen molar-refractivity contribution in [1.82, 2.24) is 4.90 Å². The first-order chi connectivity index (χ1) is 7.81. The predicted molar refractivity (Wildman–Crippen MR) is 66.8 cm³/mol. The van der Waals surface area contributed by atoms with Crippen molar-refractivity contribution in [3.8, 4) is 0 Å². The van der Waals surface area contributed by atoms with E-state index in [0.717, 1.165) is 0 Å². The van der Waals surface area contributed by atoms with Gasteiger partial charge in [-0.3, -0.25) is 0 Å². The molecule has 0 atom stereocenters. The number of aliphatic hydroxyl groups is 1. The summed E-state index contributed by atoms with van der Waals surface area (Å²) in [7, 11) is -0.965. The number of sulfone groups is 1. The van der Waals surface area contributed by atoms with Crippen LogP contribution in [0.15, 0.2) is 0 Å². The first-order valence-electron chi connectivity index (χ1n) is 5.97. The number of rotatable bonds is 6. The first-order valence-corrected chi connectivity index (χ1v) is 8.03. The van der Waals surface area contributed by atoms with Crippen molar-refractivity contribution >= 4 is 9.84 Å². The highest BCUT2D eigenvalue weighted by Gasteiger charge is 2.30. The fraction of sp³-hybridized carbons (Fsp3) is 1.00. The Labute approximate surface area is 104 Å². The van der Waals surface area contributed by atoms with Gasteiger partial charge in [-0.25, -0.2) is 8.42 Å². The van der Waals surface area contributed by atoms with E-state index in [1.165, 1.54) is 6.26 Å². The minimum Gasteiger partial charge on any atom is -0.388 e. The zero-order valence-electron chi connectivity index (χ0n) is 10.7. The van der Waals surface area contributed by atoms with Crippen molar-refractivity contribution in [2.24, 2.45) is 0 Å². The van der Waals surface area contributed by atoms with Gasteiger partial charge >= 0.3 is 0 Å².